The van der Waals surface area contributed by atoms with E-state index in [-0.39, 0.29) is 0 Å². The molecular formula is C12H28N2Sn. The average molecular weight is 319 g/mol. The van der Waals surface area contributed by atoms with Crippen molar-refractivity contribution in [3.05, 3.63) is 0 Å². The zero-order valence-electron chi connectivity index (χ0n) is 11.4. The Bertz CT molecular complexity index is 181. The molecule has 1 heterocycles. The number of hydrogen-bond donors (Lipinski definition) is 0. The first kappa shape index (κ1) is 13.8. The summed E-state index contributed by atoms with van der Waals surface area (Å²) < 4.78 is 5.62. The molecule has 0 N–H and O–H groups in total. The second-order valence-corrected chi connectivity index (χ2v) is 11.9. The number of hydrogen-bond acceptors (Lipinski definition) is 2. The van der Waals surface area contributed by atoms with Gasteiger partial charge in [-0.3, -0.25) is 0 Å². The van der Waals surface area contributed by atoms with Crippen LogP contribution in [0.5, 0.6) is 0 Å². The van der Waals surface area contributed by atoms with Crippen LogP contribution in [0.15, 0.2) is 0 Å². The van der Waals surface area contributed by atoms with Crippen molar-refractivity contribution in [2.75, 3.05) is 13.1 Å². The van der Waals surface area contributed by atoms with Crippen molar-refractivity contribution in [1.29, 1.82) is 0 Å². The second-order valence-electron chi connectivity index (χ2n) is 6.72. The monoisotopic (exact) mass is 320 g/mol. The van der Waals surface area contributed by atoms with Crippen LogP contribution in [-0.4, -0.2) is 52.1 Å². The third-order valence-electron chi connectivity index (χ3n) is 3.34. The van der Waals surface area contributed by atoms with Crippen LogP contribution in [0.25, 0.3) is 0 Å². The van der Waals surface area contributed by atoms with Gasteiger partial charge in [0.05, 0.1) is 0 Å². The van der Waals surface area contributed by atoms with Gasteiger partial charge >= 0.3 is 106 Å². The van der Waals surface area contributed by atoms with Crippen molar-refractivity contribution in [2.45, 2.75) is 65.5 Å². The molecule has 0 bridgehead atoms. The molecule has 1 fully saturated rings. The molecule has 0 amide bonds. The van der Waals surface area contributed by atoms with Crippen molar-refractivity contribution in [3.8, 4) is 0 Å². The first-order valence-corrected chi connectivity index (χ1v) is 9.82. The van der Waals surface area contributed by atoms with Crippen molar-refractivity contribution in [1.82, 2.24) is 6.24 Å². The van der Waals surface area contributed by atoms with Crippen LogP contribution in [0.1, 0.15) is 54.4 Å². The first-order valence-electron chi connectivity index (χ1n) is 6.21. The molecule has 1 rings (SSSR count). The zero-order valence-corrected chi connectivity index (χ0v) is 15.5. The van der Waals surface area contributed by atoms with E-state index >= 15 is 0 Å². The number of rotatable bonds is 0. The van der Waals surface area contributed by atoms with Crippen molar-refractivity contribution in [2.24, 2.45) is 0 Å². The Morgan fingerprint density at radius 3 is 1.33 bits per heavy atom. The van der Waals surface area contributed by atoms with Gasteiger partial charge in [0.2, 0.25) is 0 Å². The molecule has 0 radical (unpaired) electrons. The van der Waals surface area contributed by atoms with E-state index in [0.717, 1.165) is 0 Å². The third-order valence-corrected chi connectivity index (χ3v) is 12.5. The Labute approximate surface area is 106 Å². The SMILES string of the molecule is CC(C)(C)[N]1CCCC[N](C(C)(C)C)[SnH2]1. The molecule has 2 nitrogen and oxygen atoms in total. The van der Waals surface area contributed by atoms with Crippen LogP contribution in [-0.2, 0) is 0 Å². The maximum absolute atomic E-state index is 2.81. The van der Waals surface area contributed by atoms with E-state index in [0.29, 0.717) is 11.1 Å². The minimum atomic E-state index is -0.935. The topological polar surface area (TPSA) is 6.48 Å². The molecule has 0 aromatic rings. The predicted octanol–water partition coefficient (Wildman–Crippen LogP) is 1.98. The van der Waals surface area contributed by atoms with Crippen LogP contribution in [0.3, 0.4) is 0 Å². The molecule has 0 aromatic heterocycles. The van der Waals surface area contributed by atoms with E-state index in [1.165, 1.54) is 25.9 Å². The van der Waals surface area contributed by atoms with Gasteiger partial charge in [-0.25, -0.2) is 0 Å². The molecule has 0 aliphatic carbocycles. The molecule has 0 aromatic carbocycles. The summed E-state index contributed by atoms with van der Waals surface area (Å²) in [5, 5.41) is 0. The average Bonchev–Trinajstić information content (AvgIpc) is 2.24. The van der Waals surface area contributed by atoms with Crippen LogP contribution >= 0.6 is 0 Å². The van der Waals surface area contributed by atoms with Gasteiger partial charge in [0, 0.05) is 0 Å². The predicted molar refractivity (Wildman–Crippen MR) is 70.7 cm³/mol. The quantitative estimate of drug-likeness (QED) is 0.630. The molecule has 90 valence electrons. The van der Waals surface area contributed by atoms with Crippen LogP contribution in [0, 0.1) is 0 Å². The molecule has 1 aliphatic rings. The first-order chi connectivity index (χ1) is 6.71. The molecule has 0 atom stereocenters. The van der Waals surface area contributed by atoms with E-state index in [1.807, 2.05) is 0 Å². The van der Waals surface area contributed by atoms with Gasteiger partial charge in [-0.1, -0.05) is 0 Å². The Morgan fingerprint density at radius 1 is 0.733 bits per heavy atom. The minimum absolute atomic E-state index is 0.393. The van der Waals surface area contributed by atoms with Crippen LogP contribution in [0.4, 0.5) is 0 Å². The summed E-state index contributed by atoms with van der Waals surface area (Å²) in [6.07, 6.45) is 2.78. The maximum atomic E-state index is 2.81. The summed E-state index contributed by atoms with van der Waals surface area (Å²) in [5.74, 6) is 0. The normalized spacial score (nSPS) is 22.8. The molecule has 0 spiro atoms. The fourth-order valence-corrected chi connectivity index (χ4v) is 7.73. The van der Waals surface area contributed by atoms with Gasteiger partial charge in [0.15, 0.2) is 0 Å². The summed E-state index contributed by atoms with van der Waals surface area (Å²) >= 11 is -0.935. The summed E-state index contributed by atoms with van der Waals surface area (Å²) in [4.78, 5) is 0. The molecule has 0 unspecified atom stereocenters. The summed E-state index contributed by atoms with van der Waals surface area (Å²) in [6.45, 7) is 16.9. The van der Waals surface area contributed by atoms with E-state index in [4.69, 9.17) is 0 Å². The van der Waals surface area contributed by atoms with Gasteiger partial charge in [0.1, 0.15) is 0 Å². The molecule has 1 aliphatic heterocycles. The van der Waals surface area contributed by atoms with E-state index in [2.05, 4.69) is 47.8 Å². The van der Waals surface area contributed by atoms with Gasteiger partial charge in [-0.05, 0) is 0 Å². The Kier molecular flexibility index (Phi) is 4.52. The summed E-state index contributed by atoms with van der Waals surface area (Å²) in [7, 11) is 0. The molecule has 3 heteroatoms. The van der Waals surface area contributed by atoms with Gasteiger partial charge < -0.3 is 0 Å². The van der Waals surface area contributed by atoms with Crippen molar-refractivity contribution >= 4 is 21.7 Å². The Balaban J connectivity index is 2.70. The van der Waals surface area contributed by atoms with Crippen molar-refractivity contribution < 1.29 is 0 Å². The van der Waals surface area contributed by atoms with Gasteiger partial charge in [-0.15, -0.1) is 0 Å². The van der Waals surface area contributed by atoms with Gasteiger partial charge in [-0.2, -0.15) is 0 Å². The number of nitrogens with zero attached hydrogens (tertiary/aromatic N) is 2. The molecule has 0 saturated carbocycles. The van der Waals surface area contributed by atoms with Crippen LogP contribution < -0.4 is 0 Å². The van der Waals surface area contributed by atoms with E-state index < -0.39 is 21.7 Å². The Hall–Kier alpha value is 0.719. The van der Waals surface area contributed by atoms with Crippen molar-refractivity contribution in [3.63, 3.8) is 0 Å². The molecular weight excluding hydrogens is 291 g/mol. The summed E-state index contributed by atoms with van der Waals surface area (Å²) in [5.41, 5.74) is 0.786. The van der Waals surface area contributed by atoms with Gasteiger partial charge in [0.25, 0.3) is 0 Å². The van der Waals surface area contributed by atoms with Crippen LogP contribution in [0.2, 0.25) is 0 Å². The Morgan fingerprint density at radius 2 is 1.07 bits per heavy atom. The van der Waals surface area contributed by atoms with E-state index in [9.17, 15) is 0 Å². The molecule has 15 heavy (non-hydrogen) atoms. The summed E-state index contributed by atoms with van der Waals surface area (Å²) in [6, 6.07) is 0. The zero-order chi connectivity index (χ0) is 11.7. The molecule has 1 saturated heterocycles. The van der Waals surface area contributed by atoms with E-state index in [1.54, 1.807) is 0 Å². The fourth-order valence-electron chi connectivity index (χ4n) is 2.05. The second kappa shape index (κ2) is 4.92. The standard InChI is InChI=1S/C12H26N2.Sn.2H/c1-11(2,3)13-9-7-8-10-14-12(4,5)6;;;/h7-10H2,1-6H3;;;/q-2;+2;;. The fraction of sp³-hybridized carbons (Fsp3) is 1.00. The third kappa shape index (κ3) is 4.23.